The summed E-state index contributed by atoms with van der Waals surface area (Å²) in [7, 11) is 1.87. The van der Waals surface area contributed by atoms with Crippen molar-refractivity contribution in [1.82, 2.24) is 14.8 Å². The van der Waals surface area contributed by atoms with E-state index in [4.69, 9.17) is 0 Å². The van der Waals surface area contributed by atoms with Crippen LogP contribution < -0.4 is 10.2 Å². The van der Waals surface area contributed by atoms with E-state index in [0.717, 1.165) is 23.9 Å². The highest BCUT2D eigenvalue weighted by Gasteiger charge is 2.17. The van der Waals surface area contributed by atoms with E-state index in [0.29, 0.717) is 0 Å². The molecule has 1 amide bonds. The molecule has 1 aromatic heterocycles. The zero-order chi connectivity index (χ0) is 16.9. The van der Waals surface area contributed by atoms with Gasteiger partial charge in [-0.05, 0) is 50.5 Å². The molecule has 0 radical (unpaired) electrons. The van der Waals surface area contributed by atoms with Crippen molar-refractivity contribution in [3.8, 4) is 0 Å². The van der Waals surface area contributed by atoms with Gasteiger partial charge < -0.3 is 14.8 Å². The number of rotatable bonds is 5. The molecule has 1 aliphatic heterocycles. The van der Waals surface area contributed by atoms with Crippen molar-refractivity contribution in [2.45, 2.75) is 36.6 Å². The number of piperidine rings is 1. The summed E-state index contributed by atoms with van der Waals surface area (Å²) in [5, 5.41) is 11.3. The van der Waals surface area contributed by atoms with Crippen LogP contribution in [0.15, 0.2) is 35.7 Å². The Morgan fingerprint density at radius 1 is 1.21 bits per heavy atom. The van der Waals surface area contributed by atoms with Gasteiger partial charge in [-0.25, -0.2) is 0 Å². The lowest BCUT2D eigenvalue weighted by Gasteiger charge is -2.28. The van der Waals surface area contributed by atoms with E-state index >= 15 is 0 Å². The fourth-order valence-electron chi connectivity index (χ4n) is 2.74. The Bertz CT molecular complexity index is 679. The van der Waals surface area contributed by atoms with Crippen molar-refractivity contribution < 1.29 is 4.79 Å². The zero-order valence-corrected chi connectivity index (χ0v) is 14.9. The Morgan fingerprint density at radius 3 is 2.54 bits per heavy atom. The van der Waals surface area contributed by atoms with E-state index in [9.17, 15) is 4.79 Å². The van der Waals surface area contributed by atoms with Crippen LogP contribution in [-0.4, -0.2) is 39.0 Å². The average molecular weight is 345 g/mol. The lowest BCUT2D eigenvalue weighted by atomic mass is 10.1. The SMILES string of the molecule is C[C@H](Sc1nncn1C)C(=O)Nc1ccc(N2CCCCC2)cc1. The molecule has 2 heterocycles. The first-order chi connectivity index (χ1) is 11.6. The van der Waals surface area contributed by atoms with E-state index in [2.05, 4.69) is 32.5 Å². The number of aromatic nitrogens is 3. The van der Waals surface area contributed by atoms with Gasteiger partial charge in [-0.1, -0.05) is 11.8 Å². The van der Waals surface area contributed by atoms with Crippen molar-refractivity contribution in [3.05, 3.63) is 30.6 Å². The summed E-state index contributed by atoms with van der Waals surface area (Å²) in [6, 6.07) is 8.12. The molecule has 24 heavy (non-hydrogen) atoms. The molecule has 0 spiro atoms. The van der Waals surface area contributed by atoms with Crippen molar-refractivity contribution in [1.29, 1.82) is 0 Å². The van der Waals surface area contributed by atoms with E-state index in [1.165, 1.54) is 36.7 Å². The molecule has 0 bridgehead atoms. The number of amides is 1. The third kappa shape index (κ3) is 4.08. The van der Waals surface area contributed by atoms with Gasteiger partial charge in [-0.3, -0.25) is 4.79 Å². The van der Waals surface area contributed by atoms with Crippen molar-refractivity contribution >= 4 is 29.0 Å². The topological polar surface area (TPSA) is 63.1 Å². The highest BCUT2D eigenvalue weighted by atomic mass is 32.2. The lowest BCUT2D eigenvalue weighted by molar-refractivity contribution is -0.115. The Balaban J connectivity index is 1.56. The molecule has 0 saturated carbocycles. The van der Waals surface area contributed by atoms with Crippen LogP contribution in [0.1, 0.15) is 26.2 Å². The molecule has 128 valence electrons. The number of carbonyl (C=O) groups is 1. The third-order valence-electron chi connectivity index (χ3n) is 4.18. The van der Waals surface area contributed by atoms with Gasteiger partial charge in [-0.15, -0.1) is 10.2 Å². The number of hydrogen-bond acceptors (Lipinski definition) is 5. The minimum absolute atomic E-state index is 0.0336. The highest BCUT2D eigenvalue weighted by molar-refractivity contribution is 8.00. The number of thioether (sulfide) groups is 1. The normalized spacial score (nSPS) is 16.0. The largest absolute Gasteiger partial charge is 0.372 e. The van der Waals surface area contributed by atoms with Crippen molar-refractivity contribution in [2.75, 3.05) is 23.3 Å². The molecule has 1 aliphatic rings. The van der Waals surface area contributed by atoms with Gasteiger partial charge in [0.05, 0.1) is 5.25 Å². The minimum Gasteiger partial charge on any atom is -0.372 e. The summed E-state index contributed by atoms with van der Waals surface area (Å²) in [6.07, 6.45) is 5.47. The molecule has 1 fully saturated rings. The molecule has 1 N–H and O–H groups in total. The number of anilines is 2. The second-order valence-corrected chi connectivity index (χ2v) is 7.38. The van der Waals surface area contributed by atoms with Crippen LogP contribution in [0.5, 0.6) is 0 Å². The van der Waals surface area contributed by atoms with E-state index in [-0.39, 0.29) is 11.2 Å². The van der Waals surface area contributed by atoms with Gasteiger partial charge >= 0.3 is 0 Å². The van der Waals surface area contributed by atoms with Crippen LogP contribution in [0.3, 0.4) is 0 Å². The maximum atomic E-state index is 12.3. The van der Waals surface area contributed by atoms with Crippen LogP contribution in [0.4, 0.5) is 11.4 Å². The second kappa shape index (κ2) is 7.70. The number of hydrogen-bond donors (Lipinski definition) is 1. The number of nitrogens with one attached hydrogen (secondary N) is 1. The number of benzene rings is 1. The van der Waals surface area contributed by atoms with Gasteiger partial charge in [0.25, 0.3) is 0 Å². The van der Waals surface area contributed by atoms with E-state index in [1.54, 1.807) is 6.33 Å². The molecule has 3 rings (SSSR count). The zero-order valence-electron chi connectivity index (χ0n) is 14.1. The first-order valence-electron chi connectivity index (χ1n) is 8.30. The highest BCUT2D eigenvalue weighted by Crippen LogP contribution is 2.24. The molecule has 1 atom stereocenters. The van der Waals surface area contributed by atoms with Gasteiger partial charge in [-0.2, -0.15) is 0 Å². The fraction of sp³-hybridized carbons (Fsp3) is 0.471. The van der Waals surface area contributed by atoms with Crippen LogP contribution in [0.2, 0.25) is 0 Å². The number of carbonyl (C=O) groups excluding carboxylic acids is 1. The van der Waals surface area contributed by atoms with Crippen molar-refractivity contribution in [2.24, 2.45) is 7.05 Å². The van der Waals surface area contributed by atoms with Gasteiger partial charge in [0.2, 0.25) is 5.91 Å². The molecule has 1 saturated heterocycles. The van der Waals surface area contributed by atoms with Gasteiger partial charge in [0.1, 0.15) is 6.33 Å². The van der Waals surface area contributed by atoms with Crippen LogP contribution in [0, 0.1) is 0 Å². The maximum Gasteiger partial charge on any atom is 0.237 e. The summed E-state index contributed by atoms with van der Waals surface area (Å²) in [6.45, 7) is 4.12. The summed E-state index contributed by atoms with van der Waals surface area (Å²) in [5.41, 5.74) is 2.06. The summed E-state index contributed by atoms with van der Waals surface area (Å²) >= 11 is 1.40. The molecule has 2 aromatic rings. The summed E-state index contributed by atoms with van der Waals surface area (Å²) in [5.74, 6) is -0.0336. The predicted octanol–water partition coefficient (Wildman–Crippen LogP) is 2.92. The minimum atomic E-state index is -0.241. The van der Waals surface area contributed by atoms with Gasteiger partial charge in [0, 0.05) is 31.5 Å². The summed E-state index contributed by atoms with van der Waals surface area (Å²) < 4.78 is 1.81. The molecule has 0 aliphatic carbocycles. The first-order valence-corrected chi connectivity index (χ1v) is 9.18. The van der Waals surface area contributed by atoms with E-state index in [1.807, 2.05) is 30.7 Å². The molecule has 0 unspecified atom stereocenters. The maximum absolute atomic E-state index is 12.3. The molecular formula is C17H23N5OS. The lowest BCUT2D eigenvalue weighted by Crippen LogP contribution is -2.29. The second-order valence-electron chi connectivity index (χ2n) is 6.07. The standard InChI is InChI=1S/C17H23N5OS/c1-13(24-17-20-18-12-21(17)2)16(23)19-14-6-8-15(9-7-14)22-10-4-3-5-11-22/h6-9,12-13H,3-5,10-11H2,1-2H3,(H,19,23)/t13-/m0/s1. The average Bonchev–Trinajstić information content (AvgIpc) is 3.01. The van der Waals surface area contributed by atoms with E-state index < -0.39 is 0 Å². The molecule has 7 heteroatoms. The fourth-order valence-corrected chi connectivity index (χ4v) is 3.53. The Kier molecular flexibility index (Phi) is 5.40. The number of aryl methyl sites for hydroxylation is 1. The predicted molar refractivity (Wildman–Crippen MR) is 97.5 cm³/mol. The monoisotopic (exact) mass is 345 g/mol. The van der Waals surface area contributed by atoms with Gasteiger partial charge in [0.15, 0.2) is 5.16 Å². The quantitative estimate of drug-likeness (QED) is 0.844. The molecule has 6 nitrogen and oxygen atoms in total. The molecule has 1 aromatic carbocycles. The Morgan fingerprint density at radius 2 is 1.92 bits per heavy atom. The number of nitrogens with zero attached hydrogens (tertiary/aromatic N) is 4. The van der Waals surface area contributed by atoms with Crippen LogP contribution in [0.25, 0.3) is 0 Å². The Hall–Kier alpha value is -2.02. The smallest absolute Gasteiger partial charge is 0.237 e. The third-order valence-corrected chi connectivity index (χ3v) is 5.33. The Labute approximate surface area is 146 Å². The summed E-state index contributed by atoms with van der Waals surface area (Å²) in [4.78, 5) is 14.7. The van der Waals surface area contributed by atoms with Crippen LogP contribution >= 0.6 is 11.8 Å². The van der Waals surface area contributed by atoms with Crippen molar-refractivity contribution in [3.63, 3.8) is 0 Å². The van der Waals surface area contributed by atoms with Crippen LogP contribution in [-0.2, 0) is 11.8 Å². The first kappa shape index (κ1) is 16.8. The molecular weight excluding hydrogens is 322 g/mol.